The normalized spacial score (nSPS) is 10.0. The summed E-state index contributed by atoms with van der Waals surface area (Å²) < 4.78 is 0.833. The predicted molar refractivity (Wildman–Crippen MR) is 58.1 cm³/mol. The summed E-state index contributed by atoms with van der Waals surface area (Å²) in [7, 11) is 3.37. The molecule has 0 fully saturated rings. The molecule has 76 valence electrons. The average molecular weight is 258 g/mol. The van der Waals surface area contributed by atoms with Crippen molar-refractivity contribution >= 4 is 21.8 Å². The van der Waals surface area contributed by atoms with Gasteiger partial charge < -0.3 is 10.0 Å². The van der Waals surface area contributed by atoms with E-state index >= 15 is 0 Å². The third-order valence-electron chi connectivity index (χ3n) is 1.88. The van der Waals surface area contributed by atoms with Gasteiger partial charge in [-0.3, -0.25) is 4.79 Å². The number of aliphatic hydroxyl groups is 1. The van der Waals surface area contributed by atoms with E-state index in [1.165, 1.54) is 4.90 Å². The summed E-state index contributed by atoms with van der Waals surface area (Å²) in [5.41, 5.74) is 1.18. The summed E-state index contributed by atoms with van der Waals surface area (Å²) in [5, 5.41) is 9.05. The molecule has 1 N–H and O–H groups in total. The first-order valence-electron chi connectivity index (χ1n) is 4.17. The lowest BCUT2D eigenvalue weighted by Gasteiger charge is -2.13. The molecule has 0 aromatic heterocycles. The summed E-state index contributed by atoms with van der Waals surface area (Å²) in [6, 6.07) is 5.26. The van der Waals surface area contributed by atoms with Crippen LogP contribution in [0.1, 0.15) is 15.9 Å². The predicted octanol–water partition coefficient (Wildman–Crippen LogP) is 1.64. The van der Waals surface area contributed by atoms with Crippen molar-refractivity contribution in [3.63, 3.8) is 0 Å². The fraction of sp³-hybridized carbons (Fsp3) is 0.300. The molecule has 0 saturated heterocycles. The van der Waals surface area contributed by atoms with Gasteiger partial charge >= 0.3 is 0 Å². The van der Waals surface area contributed by atoms with Gasteiger partial charge in [-0.15, -0.1) is 0 Å². The summed E-state index contributed by atoms with van der Waals surface area (Å²) in [6.07, 6.45) is 0. The first kappa shape index (κ1) is 11.2. The molecule has 4 heteroatoms. The maximum Gasteiger partial charge on any atom is 0.253 e. The molecule has 14 heavy (non-hydrogen) atoms. The molecule has 0 aliphatic rings. The zero-order chi connectivity index (χ0) is 10.7. The molecule has 0 spiro atoms. The Morgan fingerprint density at radius 1 is 1.50 bits per heavy atom. The molecule has 3 nitrogen and oxygen atoms in total. The molecule has 0 bridgehead atoms. The fourth-order valence-electron chi connectivity index (χ4n) is 1.13. The summed E-state index contributed by atoms with van der Waals surface area (Å²) in [5.74, 6) is -0.102. The van der Waals surface area contributed by atoms with Crippen molar-refractivity contribution in [3.8, 4) is 0 Å². The molecule has 0 heterocycles. The van der Waals surface area contributed by atoms with E-state index in [1.807, 2.05) is 0 Å². The van der Waals surface area contributed by atoms with Crippen LogP contribution in [0.4, 0.5) is 0 Å². The van der Waals surface area contributed by atoms with Crippen LogP contribution in [0.2, 0.25) is 0 Å². The van der Waals surface area contributed by atoms with Crippen molar-refractivity contribution in [2.45, 2.75) is 6.61 Å². The molecule has 0 saturated carbocycles. The number of hydrogen-bond acceptors (Lipinski definition) is 2. The maximum atomic E-state index is 11.7. The second-order valence-electron chi connectivity index (χ2n) is 3.16. The number of nitrogens with zero attached hydrogens (tertiary/aromatic N) is 1. The zero-order valence-corrected chi connectivity index (χ0v) is 9.71. The molecule has 0 aliphatic heterocycles. The lowest BCUT2D eigenvalue weighted by Crippen LogP contribution is -2.23. The number of carbonyl (C=O) groups excluding carboxylic acids is 1. The topological polar surface area (TPSA) is 40.5 Å². The third-order valence-corrected chi connectivity index (χ3v) is 2.37. The van der Waals surface area contributed by atoms with Gasteiger partial charge in [0, 0.05) is 24.1 Å². The Hall–Kier alpha value is -0.870. The Kier molecular flexibility index (Phi) is 3.66. The van der Waals surface area contributed by atoms with Crippen molar-refractivity contribution in [3.05, 3.63) is 33.8 Å². The van der Waals surface area contributed by atoms with E-state index in [9.17, 15) is 4.79 Å². The van der Waals surface area contributed by atoms with Gasteiger partial charge in [-0.1, -0.05) is 22.0 Å². The van der Waals surface area contributed by atoms with Crippen molar-refractivity contribution in [2.24, 2.45) is 0 Å². The highest BCUT2D eigenvalue weighted by molar-refractivity contribution is 9.10. The van der Waals surface area contributed by atoms with Gasteiger partial charge in [0.05, 0.1) is 6.61 Å². The maximum absolute atomic E-state index is 11.7. The summed E-state index contributed by atoms with van der Waals surface area (Å²) >= 11 is 3.29. The van der Waals surface area contributed by atoms with Crippen LogP contribution in [0.5, 0.6) is 0 Å². The van der Waals surface area contributed by atoms with Crippen molar-refractivity contribution < 1.29 is 9.90 Å². The number of benzene rings is 1. The Balaban J connectivity index is 3.17. The van der Waals surface area contributed by atoms with E-state index in [-0.39, 0.29) is 12.5 Å². The molecule has 1 amide bonds. The lowest BCUT2D eigenvalue weighted by molar-refractivity contribution is 0.0824. The van der Waals surface area contributed by atoms with Crippen LogP contribution in [0.3, 0.4) is 0 Å². The quantitative estimate of drug-likeness (QED) is 0.876. The second kappa shape index (κ2) is 4.57. The number of halogens is 1. The van der Waals surface area contributed by atoms with Crippen LogP contribution in [-0.4, -0.2) is 30.0 Å². The Morgan fingerprint density at radius 2 is 2.14 bits per heavy atom. The van der Waals surface area contributed by atoms with Crippen LogP contribution >= 0.6 is 15.9 Å². The van der Waals surface area contributed by atoms with Crippen molar-refractivity contribution in [1.29, 1.82) is 0 Å². The van der Waals surface area contributed by atoms with E-state index in [1.54, 1.807) is 32.3 Å². The van der Waals surface area contributed by atoms with Gasteiger partial charge in [-0.2, -0.15) is 0 Å². The van der Waals surface area contributed by atoms with Crippen molar-refractivity contribution in [2.75, 3.05) is 14.1 Å². The zero-order valence-electron chi connectivity index (χ0n) is 8.12. The first-order chi connectivity index (χ1) is 6.56. The van der Waals surface area contributed by atoms with Crippen LogP contribution in [0.25, 0.3) is 0 Å². The van der Waals surface area contributed by atoms with Crippen LogP contribution < -0.4 is 0 Å². The molecular formula is C10H12BrNO2. The SMILES string of the molecule is CN(C)C(=O)c1cc(Br)ccc1CO. The third kappa shape index (κ3) is 2.33. The van der Waals surface area contributed by atoms with Gasteiger partial charge in [-0.25, -0.2) is 0 Å². The minimum absolute atomic E-state index is 0.102. The second-order valence-corrected chi connectivity index (χ2v) is 4.07. The van der Waals surface area contributed by atoms with E-state index in [4.69, 9.17) is 5.11 Å². The van der Waals surface area contributed by atoms with Gasteiger partial charge in [0.15, 0.2) is 0 Å². The Labute approximate surface area is 91.5 Å². The van der Waals surface area contributed by atoms with Gasteiger partial charge in [0.2, 0.25) is 0 Å². The molecule has 1 aromatic carbocycles. The summed E-state index contributed by atoms with van der Waals surface area (Å²) in [6.45, 7) is -0.123. The molecule has 1 rings (SSSR count). The highest BCUT2D eigenvalue weighted by atomic mass is 79.9. The fourth-order valence-corrected chi connectivity index (χ4v) is 1.49. The number of hydrogen-bond donors (Lipinski definition) is 1. The molecule has 0 radical (unpaired) electrons. The minimum Gasteiger partial charge on any atom is -0.392 e. The molecule has 0 aliphatic carbocycles. The molecule has 0 unspecified atom stereocenters. The average Bonchev–Trinajstić information content (AvgIpc) is 2.16. The number of aliphatic hydroxyl groups excluding tert-OH is 1. The molecule has 0 atom stereocenters. The largest absolute Gasteiger partial charge is 0.392 e. The summed E-state index contributed by atoms with van der Waals surface area (Å²) in [4.78, 5) is 13.2. The van der Waals surface area contributed by atoms with Crippen LogP contribution in [0.15, 0.2) is 22.7 Å². The number of carbonyl (C=O) groups is 1. The highest BCUT2D eigenvalue weighted by Crippen LogP contribution is 2.17. The van der Waals surface area contributed by atoms with Crippen LogP contribution in [-0.2, 0) is 6.61 Å². The smallest absolute Gasteiger partial charge is 0.253 e. The van der Waals surface area contributed by atoms with Gasteiger partial charge in [0.25, 0.3) is 5.91 Å². The monoisotopic (exact) mass is 257 g/mol. The molecular weight excluding hydrogens is 246 g/mol. The van der Waals surface area contributed by atoms with E-state index in [2.05, 4.69) is 15.9 Å². The van der Waals surface area contributed by atoms with E-state index in [0.717, 1.165) is 4.47 Å². The standard InChI is InChI=1S/C10H12BrNO2/c1-12(2)10(14)9-5-8(11)4-3-7(9)6-13/h3-5,13H,6H2,1-2H3. The Morgan fingerprint density at radius 3 is 2.64 bits per heavy atom. The van der Waals surface area contributed by atoms with E-state index in [0.29, 0.717) is 11.1 Å². The lowest BCUT2D eigenvalue weighted by atomic mass is 10.1. The Bertz CT molecular complexity index is 350. The number of amides is 1. The highest BCUT2D eigenvalue weighted by Gasteiger charge is 2.12. The van der Waals surface area contributed by atoms with Gasteiger partial charge in [-0.05, 0) is 17.7 Å². The van der Waals surface area contributed by atoms with Crippen molar-refractivity contribution in [1.82, 2.24) is 4.90 Å². The minimum atomic E-state index is -0.123. The van der Waals surface area contributed by atoms with Crippen LogP contribution in [0, 0.1) is 0 Å². The van der Waals surface area contributed by atoms with Gasteiger partial charge in [0.1, 0.15) is 0 Å². The molecule has 1 aromatic rings. The first-order valence-corrected chi connectivity index (χ1v) is 4.96. The number of rotatable bonds is 2. The van der Waals surface area contributed by atoms with E-state index < -0.39 is 0 Å².